The predicted molar refractivity (Wildman–Crippen MR) is 315 cm³/mol. The first-order chi connectivity index (χ1) is 37.7. The quantitative estimate of drug-likeness (QED) is 0.159. The zero-order valence-corrected chi connectivity index (χ0v) is 41.4. The largest absolute Gasteiger partial charge is 0.455 e. The molecule has 0 amide bonds. The van der Waals surface area contributed by atoms with Gasteiger partial charge < -0.3 is 13.9 Å². The Bertz CT molecular complexity index is 4560. The van der Waals surface area contributed by atoms with Gasteiger partial charge in [-0.2, -0.15) is 0 Å². The zero-order valence-electron chi connectivity index (χ0n) is 41.4. The summed E-state index contributed by atoms with van der Waals surface area (Å²) in [4.78, 5) is 2.44. The summed E-state index contributed by atoms with van der Waals surface area (Å²) in [6, 6.07) is 102. The average Bonchev–Trinajstić information content (AvgIpc) is 4.29. The fraction of sp³-hybridized carbons (Fsp3) is 0.0137. The molecule has 0 aliphatic heterocycles. The Morgan fingerprint density at radius 1 is 0.303 bits per heavy atom. The van der Waals surface area contributed by atoms with Crippen LogP contribution in [0.2, 0.25) is 0 Å². The molecular weight excluding hydrogens is 921 g/mol. The van der Waals surface area contributed by atoms with Crippen LogP contribution in [0, 0.1) is 0 Å². The highest BCUT2D eigenvalue weighted by Crippen LogP contribution is 2.63. The standard InChI is InChI=1S/C73H46N2O/c1-3-17-48(18-4-1)56-26-15-27-61-63-45-50(37-44-70(63)76-72(56)61)47-33-38-52(39-34-47)74(53-40-35-49(36-41-53)55-25-16-32-69-71(55)62-24-10-14-31-68(62)75(69)51-19-5-2-6-20-51)54-42-43-60-59-23-9-13-30-66(59)73(67(60)46-54)64-28-11-7-21-57(64)58-22-8-12-29-65(58)73/h1-46H. The molecule has 0 bridgehead atoms. The second kappa shape index (κ2) is 16.5. The average molecular weight is 967 g/mol. The van der Waals surface area contributed by atoms with E-state index in [2.05, 4.69) is 289 Å². The molecule has 12 aromatic carbocycles. The van der Waals surface area contributed by atoms with E-state index in [1.807, 2.05) is 0 Å². The number of para-hydroxylation sites is 3. The summed E-state index contributed by atoms with van der Waals surface area (Å²) in [6.07, 6.45) is 0. The summed E-state index contributed by atoms with van der Waals surface area (Å²) < 4.78 is 8.99. The van der Waals surface area contributed by atoms with Crippen LogP contribution in [0.3, 0.4) is 0 Å². The lowest BCUT2D eigenvalue weighted by Gasteiger charge is -2.32. The molecule has 3 nitrogen and oxygen atoms in total. The predicted octanol–water partition coefficient (Wildman–Crippen LogP) is 19.5. The fourth-order valence-electron chi connectivity index (χ4n) is 13.2. The lowest BCUT2D eigenvalue weighted by molar-refractivity contribution is 0.670. The third-order valence-electron chi connectivity index (χ3n) is 16.4. The van der Waals surface area contributed by atoms with Crippen LogP contribution < -0.4 is 4.90 Å². The van der Waals surface area contributed by atoms with Crippen molar-refractivity contribution in [2.24, 2.45) is 0 Å². The second-order valence-corrected chi connectivity index (χ2v) is 20.3. The maximum atomic E-state index is 6.59. The van der Waals surface area contributed by atoms with Gasteiger partial charge in [-0.15, -0.1) is 0 Å². The number of furan rings is 1. The highest BCUT2D eigenvalue weighted by molar-refractivity contribution is 6.16. The Kier molecular flexibility index (Phi) is 9.25. The van der Waals surface area contributed by atoms with Gasteiger partial charge in [0, 0.05) is 49.9 Å². The number of anilines is 3. The molecule has 2 aromatic heterocycles. The van der Waals surface area contributed by atoms with Crippen LogP contribution in [0.5, 0.6) is 0 Å². The van der Waals surface area contributed by atoms with Crippen LogP contribution in [-0.4, -0.2) is 4.57 Å². The SMILES string of the molecule is c1ccc(-c2cccc3c2oc2ccc(-c4ccc(N(c5ccc(-c6cccc7c6c6ccccc6n7-c6ccccc6)cc5)c5ccc6c(c5)C5(c7ccccc7-c7ccccc75)c5ccccc5-6)cc4)cc23)cc1. The minimum absolute atomic E-state index is 0.468. The van der Waals surface area contributed by atoms with Crippen molar-refractivity contribution in [1.29, 1.82) is 0 Å². The Morgan fingerprint density at radius 3 is 1.50 bits per heavy atom. The van der Waals surface area contributed by atoms with E-state index >= 15 is 0 Å². The van der Waals surface area contributed by atoms with Crippen molar-refractivity contribution in [1.82, 2.24) is 4.57 Å². The third kappa shape index (κ3) is 6.11. The Balaban J connectivity index is 0.855. The van der Waals surface area contributed by atoms with Crippen LogP contribution in [0.25, 0.3) is 105 Å². The van der Waals surface area contributed by atoms with Crippen molar-refractivity contribution in [3.63, 3.8) is 0 Å². The van der Waals surface area contributed by atoms with Gasteiger partial charge in [-0.1, -0.05) is 206 Å². The molecule has 14 aromatic rings. The smallest absolute Gasteiger partial charge is 0.143 e. The van der Waals surface area contributed by atoms with Gasteiger partial charge in [-0.25, -0.2) is 0 Å². The molecule has 2 aliphatic rings. The van der Waals surface area contributed by atoms with Crippen molar-refractivity contribution in [2.45, 2.75) is 5.41 Å². The normalized spacial score (nSPS) is 12.8. The van der Waals surface area contributed by atoms with E-state index in [9.17, 15) is 0 Å². The minimum Gasteiger partial charge on any atom is -0.455 e. The first-order valence-corrected chi connectivity index (χ1v) is 26.2. The summed E-state index contributed by atoms with van der Waals surface area (Å²) in [6.45, 7) is 0. The maximum absolute atomic E-state index is 6.59. The van der Waals surface area contributed by atoms with Gasteiger partial charge >= 0.3 is 0 Å². The molecule has 354 valence electrons. The number of hydrogen-bond donors (Lipinski definition) is 0. The van der Waals surface area contributed by atoms with Crippen LogP contribution in [-0.2, 0) is 5.41 Å². The van der Waals surface area contributed by atoms with Crippen LogP contribution >= 0.6 is 0 Å². The van der Waals surface area contributed by atoms with Gasteiger partial charge in [0.25, 0.3) is 0 Å². The number of hydrogen-bond acceptors (Lipinski definition) is 2. The molecule has 1 spiro atoms. The molecular formula is C73H46N2O. The topological polar surface area (TPSA) is 21.3 Å². The molecule has 0 saturated carbocycles. The van der Waals surface area contributed by atoms with Gasteiger partial charge in [0.2, 0.25) is 0 Å². The molecule has 16 rings (SSSR count). The van der Waals surface area contributed by atoms with Crippen molar-refractivity contribution in [3.8, 4) is 61.3 Å². The van der Waals surface area contributed by atoms with E-state index in [-0.39, 0.29) is 0 Å². The van der Waals surface area contributed by atoms with Gasteiger partial charge in [-0.3, -0.25) is 0 Å². The van der Waals surface area contributed by atoms with Gasteiger partial charge in [0.1, 0.15) is 11.2 Å². The molecule has 76 heavy (non-hydrogen) atoms. The lowest BCUT2D eigenvalue weighted by atomic mass is 9.70. The molecule has 0 saturated heterocycles. The van der Waals surface area contributed by atoms with Gasteiger partial charge in [0.05, 0.1) is 16.4 Å². The third-order valence-corrected chi connectivity index (χ3v) is 16.4. The maximum Gasteiger partial charge on any atom is 0.143 e. The molecule has 0 atom stereocenters. The molecule has 0 radical (unpaired) electrons. The Morgan fingerprint density at radius 2 is 0.803 bits per heavy atom. The van der Waals surface area contributed by atoms with Crippen molar-refractivity contribution in [3.05, 3.63) is 301 Å². The van der Waals surface area contributed by atoms with Gasteiger partial charge in [-0.05, 0) is 145 Å². The number of nitrogens with zero attached hydrogens (tertiary/aromatic N) is 2. The van der Waals surface area contributed by atoms with Crippen molar-refractivity contribution >= 4 is 60.8 Å². The molecule has 0 unspecified atom stereocenters. The van der Waals surface area contributed by atoms with E-state index in [0.717, 1.165) is 66.9 Å². The monoisotopic (exact) mass is 966 g/mol. The number of rotatable bonds is 7. The van der Waals surface area contributed by atoms with E-state index in [1.54, 1.807) is 0 Å². The number of benzene rings is 12. The fourth-order valence-corrected chi connectivity index (χ4v) is 13.2. The summed E-state index contributed by atoms with van der Waals surface area (Å²) in [5, 5.41) is 4.72. The van der Waals surface area contributed by atoms with Crippen LogP contribution in [0.4, 0.5) is 17.1 Å². The van der Waals surface area contributed by atoms with Crippen molar-refractivity contribution < 1.29 is 4.42 Å². The van der Waals surface area contributed by atoms with E-state index in [4.69, 9.17) is 4.42 Å². The molecule has 2 heterocycles. The molecule has 0 N–H and O–H groups in total. The van der Waals surface area contributed by atoms with E-state index in [0.29, 0.717) is 0 Å². The highest BCUT2D eigenvalue weighted by atomic mass is 16.3. The lowest BCUT2D eigenvalue weighted by Crippen LogP contribution is -2.26. The Labute approximate surface area is 440 Å². The Hall–Kier alpha value is -9.96. The molecule has 0 fully saturated rings. The van der Waals surface area contributed by atoms with Crippen LogP contribution in [0.1, 0.15) is 22.3 Å². The van der Waals surface area contributed by atoms with E-state index in [1.165, 1.54) is 77.4 Å². The minimum atomic E-state index is -0.468. The van der Waals surface area contributed by atoms with Crippen LogP contribution in [0.15, 0.2) is 283 Å². The van der Waals surface area contributed by atoms with Crippen molar-refractivity contribution in [2.75, 3.05) is 4.90 Å². The number of aromatic nitrogens is 1. The zero-order chi connectivity index (χ0) is 49.9. The summed E-state index contributed by atoms with van der Waals surface area (Å²) in [7, 11) is 0. The first kappa shape index (κ1) is 42.5. The first-order valence-electron chi connectivity index (χ1n) is 26.2. The molecule has 3 heteroatoms. The molecule has 2 aliphatic carbocycles. The second-order valence-electron chi connectivity index (χ2n) is 20.3. The van der Waals surface area contributed by atoms with Gasteiger partial charge in [0.15, 0.2) is 0 Å². The number of fused-ring (bicyclic) bond motifs is 16. The summed E-state index contributed by atoms with van der Waals surface area (Å²) >= 11 is 0. The summed E-state index contributed by atoms with van der Waals surface area (Å²) in [5.41, 5.74) is 25.5. The summed E-state index contributed by atoms with van der Waals surface area (Å²) in [5.74, 6) is 0. The van der Waals surface area contributed by atoms with E-state index < -0.39 is 5.41 Å². The highest BCUT2D eigenvalue weighted by Gasteiger charge is 2.51.